The fourth-order valence-electron chi connectivity index (χ4n) is 3.21. The summed E-state index contributed by atoms with van der Waals surface area (Å²) in [6.07, 6.45) is 7.18. The number of rotatable bonds is 3. The minimum absolute atomic E-state index is 0.647. The van der Waals surface area contributed by atoms with Crippen molar-refractivity contribution >= 4 is 0 Å². The van der Waals surface area contributed by atoms with Crippen LogP contribution in [-0.4, -0.2) is 59.1 Å². The maximum absolute atomic E-state index is 4.83. The van der Waals surface area contributed by atoms with Crippen LogP contribution in [0.2, 0.25) is 0 Å². The molecule has 1 fully saturated rings. The van der Waals surface area contributed by atoms with Crippen LogP contribution in [0.15, 0.2) is 6.20 Å². The first-order valence-electron chi connectivity index (χ1n) is 7.70. The van der Waals surface area contributed by atoms with Gasteiger partial charge >= 0.3 is 0 Å². The number of imidazole rings is 1. The normalized spacial score (nSPS) is 25.5. The summed E-state index contributed by atoms with van der Waals surface area (Å²) in [6, 6.07) is 0.647. The fourth-order valence-corrected chi connectivity index (χ4v) is 3.21. The monoisotopic (exact) mass is 262 g/mol. The molecule has 0 saturated carbocycles. The smallest absolute Gasteiger partial charge is 0.109 e. The summed E-state index contributed by atoms with van der Waals surface area (Å²) in [5.41, 5.74) is 1.29. The van der Waals surface area contributed by atoms with Crippen molar-refractivity contribution in [3.05, 3.63) is 17.7 Å². The maximum Gasteiger partial charge on any atom is 0.109 e. The first-order chi connectivity index (χ1) is 9.22. The molecule has 19 heavy (non-hydrogen) atoms. The van der Waals surface area contributed by atoms with Gasteiger partial charge in [0.2, 0.25) is 0 Å². The molecule has 0 amide bonds. The molecular weight excluding hydrogens is 236 g/mol. The lowest BCUT2D eigenvalue weighted by atomic mass is 10.1. The number of piperazine rings is 1. The van der Waals surface area contributed by atoms with Gasteiger partial charge in [0.1, 0.15) is 5.82 Å². The van der Waals surface area contributed by atoms with E-state index in [4.69, 9.17) is 4.98 Å². The Labute approximate surface area is 116 Å². The van der Waals surface area contributed by atoms with E-state index in [0.29, 0.717) is 6.04 Å². The van der Waals surface area contributed by atoms with E-state index in [1.807, 2.05) is 0 Å². The summed E-state index contributed by atoms with van der Waals surface area (Å²) >= 11 is 0. The highest BCUT2D eigenvalue weighted by Gasteiger charge is 2.19. The Bertz CT molecular complexity index is 418. The van der Waals surface area contributed by atoms with E-state index in [9.17, 15) is 0 Å². The number of nitrogens with zero attached hydrogens (tertiary/aromatic N) is 4. The van der Waals surface area contributed by atoms with Gasteiger partial charge < -0.3 is 14.4 Å². The molecule has 1 aromatic heterocycles. The van der Waals surface area contributed by atoms with Gasteiger partial charge in [0.15, 0.2) is 0 Å². The molecule has 0 aromatic carbocycles. The molecule has 1 saturated heterocycles. The summed E-state index contributed by atoms with van der Waals surface area (Å²) in [5, 5.41) is 0. The molecule has 1 unspecified atom stereocenters. The Morgan fingerprint density at radius 1 is 1.26 bits per heavy atom. The number of likely N-dealkylation sites (N-methyl/N-ethyl adjacent to an activating group) is 1. The molecule has 1 atom stereocenters. The molecule has 106 valence electrons. The molecule has 0 spiro atoms. The second-order valence-corrected chi connectivity index (χ2v) is 6.19. The van der Waals surface area contributed by atoms with Crippen LogP contribution >= 0.6 is 0 Å². The van der Waals surface area contributed by atoms with E-state index in [-0.39, 0.29) is 0 Å². The van der Waals surface area contributed by atoms with Crippen LogP contribution in [0, 0.1) is 0 Å². The lowest BCUT2D eigenvalue weighted by Crippen LogP contribution is -2.45. The first-order valence-corrected chi connectivity index (χ1v) is 7.70. The third-order valence-corrected chi connectivity index (χ3v) is 4.64. The van der Waals surface area contributed by atoms with Crippen molar-refractivity contribution in [1.82, 2.24) is 19.4 Å². The van der Waals surface area contributed by atoms with Crippen molar-refractivity contribution in [3.8, 4) is 0 Å². The zero-order valence-corrected chi connectivity index (χ0v) is 12.3. The van der Waals surface area contributed by atoms with Crippen LogP contribution < -0.4 is 0 Å². The third-order valence-electron chi connectivity index (χ3n) is 4.64. The van der Waals surface area contributed by atoms with Crippen LogP contribution in [0.3, 0.4) is 0 Å². The Hall–Kier alpha value is -0.870. The highest BCUT2D eigenvalue weighted by atomic mass is 15.2. The van der Waals surface area contributed by atoms with Gasteiger partial charge in [-0.2, -0.15) is 0 Å². The summed E-state index contributed by atoms with van der Waals surface area (Å²) in [6.45, 7) is 8.31. The maximum atomic E-state index is 4.83. The fraction of sp³-hybridized carbons (Fsp3) is 0.800. The SMILES string of the molecule is CC1CCCc2nc(CCN3CCN(C)CC3)cn21. The number of aromatic nitrogens is 2. The Morgan fingerprint density at radius 3 is 2.79 bits per heavy atom. The van der Waals surface area contributed by atoms with E-state index in [1.165, 1.54) is 63.5 Å². The molecule has 0 radical (unpaired) electrons. The quantitative estimate of drug-likeness (QED) is 0.826. The van der Waals surface area contributed by atoms with Crippen LogP contribution in [-0.2, 0) is 12.8 Å². The van der Waals surface area contributed by atoms with Gasteiger partial charge in [0.25, 0.3) is 0 Å². The van der Waals surface area contributed by atoms with Gasteiger partial charge in [0, 0.05) is 57.8 Å². The molecule has 2 aliphatic heterocycles. The Kier molecular flexibility index (Phi) is 3.89. The molecule has 1 aromatic rings. The zero-order chi connectivity index (χ0) is 13.2. The molecule has 0 N–H and O–H groups in total. The molecule has 2 aliphatic rings. The van der Waals surface area contributed by atoms with E-state index in [0.717, 1.165) is 6.42 Å². The van der Waals surface area contributed by atoms with Gasteiger partial charge in [-0.25, -0.2) is 4.98 Å². The summed E-state index contributed by atoms with van der Waals surface area (Å²) in [4.78, 5) is 9.81. The Balaban J connectivity index is 1.56. The topological polar surface area (TPSA) is 24.3 Å². The van der Waals surface area contributed by atoms with Crippen molar-refractivity contribution in [2.75, 3.05) is 39.8 Å². The summed E-state index contributed by atoms with van der Waals surface area (Å²) < 4.78 is 2.41. The molecule has 3 heterocycles. The highest BCUT2D eigenvalue weighted by molar-refractivity contribution is 5.08. The number of fused-ring (bicyclic) bond motifs is 1. The number of hydrogen-bond donors (Lipinski definition) is 0. The number of aryl methyl sites for hydroxylation is 1. The lowest BCUT2D eigenvalue weighted by molar-refractivity contribution is 0.155. The van der Waals surface area contributed by atoms with E-state index in [1.54, 1.807) is 0 Å². The largest absolute Gasteiger partial charge is 0.332 e. The van der Waals surface area contributed by atoms with Gasteiger partial charge in [0.05, 0.1) is 5.69 Å². The first kappa shape index (κ1) is 13.1. The molecular formula is C15H26N4. The molecule has 4 nitrogen and oxygen atoms in total. The van der Waals surface area contributed by atoms with Crippen molar-refractivity contribution in [3.63, 3.8) is 0 Å². The molecule has 3 rings (SSSR count). The van der Waals surface area contributed by atoms with Gasteiger partial charge in [-0.15, -0.1) is 0 Å². The van der Waals surface area contributed by atoms with Crippen molar-refractivity contribution < 1.29 is 0 Å². The van der Waals surface area contributed by atoms with Crippen LogP contribution in [0.5, 0.6) is 0 Å². The van der Waals surface area contributed by atoms with Crippen LogP contribution in [0.1, 0.15) is 37.3 Å². The second kappa shape index (κ2) is 5.63. The summed E-state index contributed by atoms with van der Waals surface area (Å²) in [7, 11) is 2.21. The highest BCUT2D eigenvalue weighted by Crippen LogP contribution is 2.24. The van der Waals surface area contributed by atoms with E-state index < -0.39 is 0 Å². The zero-order valence-electron chi connectivity index (χ0n) is 12.3. The van der Waals surface area contributed by atoms with E-state index >= 15 is 0 Å². The lowest BCUT2D eigenvalue weighted by Gasteiger charge is -2.32. The van der Waals surface area contributed by atoms with Crippen LogP contribution in [0.4, 0.5) is 0 Å². The predicted molar refractivity (Wildman–Crippen MR) is 77.5 cm³/mol. The minimum atomic E-state index is 0.647. The van der Waals surface area contributed by atoms with Gasteiger partial charge in [-0.1, -0.05) is 0 Å². The van der Waals surface area contributed by atoms with E-state index in [2.05, 4.69) is 34.5 Å². The van der Waals surface area contributed by atoms with Crippen molar-refractivity contribution in [2.24, 2.45) is 0 Å². The minimum Gasteiger partial charge on any atom is -0.332 e. The number of hydrogen-bond acceptors (Lipinski definition) is 3. The Morgan fingerprint density at radius 2 is 2.05 bits per heavy atom. The predicted octanol–water partition coefficient (Wildman–Crippen LogP) is 1.57. The van der Waals surface area contributed by atoms with Crippen molar-refractivity contribution in [2.45, 2.75) is 38.6 Å². The van der Waals surface area contributed by atoms with Gasteiger partial charge in [-0.05, 0) is 26.8 Å². The average molecular weight is 262 g/mol. The average Bonchev–Trinajstić information content (AvgIpc) is 2.83. The van der Waals surface area contributed by atoms with Gasteiger partial charge in [-0.3, -0.25) is 0 Å². The van der Waals surface area contributed by atoms with Crippen LogP contribution in [0.25, 0.3) is 0 Å². The second-order valence-electron chi connectivity index (χ2n) is 6.19. The molecule has 0 aliphatic carbocycles. The summed E-state index contributed by atoms with van der Waals surface area (Å²) in [5.74, 6) is 1.31. The standard InChI is InChI=1S/C15H26N4/c1-13-4-3-5-15-16-14(12-19(13)15)6-7-18-10-8-17(2)9-11-18/h12-13H,3-11H2,1-2H3. The third kappa shape index (κ3) is 3.00. The van der Waals surface area contributed by atoms with Crippen molar-refractivity contribution in [1.29, 1.82) is 0 Å². The molecule has 0 bridgehead atoms. The molecule has 4 heteroatoms.